The highest BCUT2D eigenvalue weighted by Gasteiger charge is 2.07. The smallest absolute Gasteiger partial charge is 0.195 e. The van der Waals surface area contributed by atoms with Crippen LogP contribution < -0.4 is 4.74 Å². The van der Waals surface area contributed by atoms with Crippen LogP contribution in [0.15, 0.2) is 24.3 Å². The van der Waals surface area contributed by atoms with Crippen molar-refractivity contribution in [1.82, 2.24) is 14.8 Å². The minimum absolute atomic E-state index is 0.435. The highest BCUT2D eigenvalue weighted by atomic mass is 32.1. The van der Waals surface area contributed by atoms with Crippen molar-refractivity contribution in [2.75, 3.05) is 0 Å². The van der Waals surface area contributed by atoms with Gasteiger partial charge in [0.2, 0.25) is 0 Å². The van der Waals surface area contributed by atoms with Gasteiger partial charge < -0.3 is 9.30 Å². The third-order valence-electron chi connectivity index (χ3n) is 3.27. The number of ether oxygens (including phenoxy) is 1. The van der Waals surface area contributed by atoms with E-state index in [1.54, 1.807) is 0 Å². The summed E-state index contributed by atoms with van der Waals surface area (Å²) in [6.07, 6.45) is 3.51. The lowest BCUT2D eigenvalue weighted by molar-refractivity contribution is 0.286. The Bertz CT molecular complexity index is 603. The number of nitrogens with zero attached hydrogens (tertiary/aromatic N) is 2. The molecule has 5 heteroatoms. The van der Waals surface area contributed by atoms with Gasteiger partial charge in [-0.05, 0) is 37.2 Å². The topological polar surface area (TPSA) is 42.8 Å². The summed E-state index contributed by atoms with van der Waals surface area (Å²) in [6.45, 7) is 5.56. The van der Waals surface area contributed by atoms with Gasteiger partial charge in [-0.2, -0.15) is 5.10 Å². The minimum atomic E-state index is 0.435. The fourth-order valence-corrected chi connectivity index (χ4v) is 2.31. The van der Waals surface area contributed by atoms with Crippen molar-refractivity contribution in [3.63, 3.8) is 0 Å². The Balaban J connectivity index is 2.03. The van der Waals surface area contributed by atoms with E-state index in [-0.39, 0.29) is 0 Å². The van der Waals surface area contributed by atoms with Crippen LogP contribution in [0.1, 0.15) is 37.6 Å². The largest absolute Gasteiger partial charge is 0.485 e. The average Bonchev–Trinajstić information content (AvgIpc) is 2.79. The van der Waals surface area contributed by atoms with Gasteiger partial charge in [-0.15, -0.1) is 0 Å². The molecule has 0 saturated heterocycles. The van der Waals surface area contributed by atoms with Crippen LogP contribution in [-0.4, -0.2) is 14.8 Å². The summed E-state index contributed by atoms with van der Waals surface area (Å²) in [6, 6.07) is 7.98. The van der Waals surface area contributed by atoms with Gasteiger partial charge in [0.05, 0.1) is 0 Å². The number of rotatable bonds is 7. The second kappa shape index (κ2) is 7.24. The second-order valence-electron chi connectivity index (χ2n) is 4.86. The molecule has 1 aromatic heterocycles. The SMILES string of the molecule is CCCCCn1c(COc2ccccc2C)n[nH]c1=S. The summed E-state index contributed by atoms with van der Waals surface area (Å²) >= 11 is 5.27. The highest BCUT2D eigenvalue weighted by Crippen LogP contribution is 2.17. The van der Waals surface area contributed by atoms with E-state index in [4.69, 9.17) is 17.0 Å². The van der Waals surface area contributed by atoms with Gasteiger partial charge in [-0.1, -0.05) is 38.0 Å². The maximum absolute atomic E-state index is 5.83. The monoisotopic (exact) mass is 291 g/mol. The predicted octanol–water partition coefficient (Wildman–Crippen LogP) is 4.02. The number of unbranched alkanes of at least 4 members (excludes halogenated alkanes) is 2. The Labute approximate surface area is 124 Å². The van der Waals surface area contributed by atoms with Crippen molar-refractivity contribution < 1.29 is 4.74 Å². The summed E-state index contributed by atoms with van der Waals surface area (Å²) < 4.78 is 8.54. The molecule has 0 amide bonds. The number of nitrogens with one attached hydrogen (secondary N) is 1. The molecule has 20 heavy (non-hydrogen) atoms. The molecule has 0 spiro atoms. The molecular formula is C15H21N3OS. The number of aromatic amines is 1. The summed E-state index contributed by atoms with van der Waals surface area (Å²) in [4.78, 5) is 0. The molecule has 0 aliphatic heterocycles. The van der Waals surface area contributed by atoms with Crippen molar-refractivity contribution in [3.05, 3.63) is 40.4 Å². The fourth-order valence-electron chi connectivity index (χ4n) is 2.07. The molecule has 0 unspecified atom stereocenters. The molecule has 0 atom stereocenters. The third kappa shape index (κ3) is 3.70. The van der Waals surface area contributed by atoms with E-state index in [0.717, 1.165) is 30.1 Å². The molecule has 108 valence electrons. The molecule has 0 saturated carbocycles. The second-order valence-corrected chi connectivity index (χ2v) is 5.24. The quantitative estimate of drug-likeness (QED) is 0.619. The van der Waals surface area contributed by atoms with Crippen LogP contribution in [0.4, 0.5) is 0 Å². The first-order valence-corrected chi connectivity index (χ1v) is 7.45. The van der Waals surface area contributed by atoms with Gasteiger partial charge in [0.25, 0.3) is 0 Å². The van der Waals surface area contributed by atoms with Gasteiger partial charge in [0.1, 0.15) is 12.4 Å². The molecule has 2 aromatic rings. The fraction of sp³-hybridized carbons (Fsp3) is 0.467. The summed E-state index contributed by atoms with van der Waals surface area (Å²) in [7, 11) is 0. The lowest BCUT2D eigenvalue weighted by atomic mass is 10.2. The number of benzene rings is 1. The third-order valence-corrected chi connectivity index (χ3v) is 3.58. The van der Waals surface area contributed by atoms with E-state index in [1.165, 1.54) is 12.8 Å². The maximum atomic E-state index is 5.83. The van der Waals surface area contributed by atoms with Crippen LogP contribution in [0.25, 0.3) is 0 Å². The van der Waals surface area contributed by atoms with Gasteiger partial charge in [-0.25, -0.2) is 0 Å². The van der Waals surface area contributed by atoms with Gasteiger partial charge >= 0.3 is 0 Å². The zero-order valence-electron chi connectivity index (χ0n) is 12.1. The number of hydrogen-bond acceptors (Lipinski definition) is 3. The average molecular weight is 291 g/mol. The number of hydrogen-bond donors (Lipinski definition) is 1. The van der Waals surface area contributed by atoms with Crippen LogP contribution in [0.5, 0.6) is 5.75 Å². The first-order valence-electron chi connectivity index (χ1n) is 7.05. The Morgan fingerprint density at radius 1 is 1.30 bits per heavy atom. The predicted molar refractivity (Wildman–Crippen MR) is 82.4 cm³/mol. The highest BCUT2D eigenvalue weighted by molar-refractivity contribution is 7.71. The molecule has 1 heterocycles. The molecule has 0 radical (unpaired) electrons. The molecule has 1 N–H and O–H groups in total. The molecule has 1 aromatic carbocycles. The summed E-state index contributed by atoms with van der Waals surface area (Å²) in [5.74, 6) is 1.75. The van der Waals surface area contributed by atoms with Crippen LogP contribution in [0.3, 0.4) is 0 Å². The van der Waals surface area contributed by atoms with Gasteiger partial charge in [0.15, 0.2) is 10.6 Å². The van der Waals surface area contributed by atoms with Crippen LogP contribution in [0.2, 0.25) is 0 Å². The number of aryl methyl sites for hydroxylation is 1. The molecule has 0 fully saturated rings. The van der Waals surface area contributed by atoms with Crippen LogP contribution in [-0.2, 0) is 13.2 Å². The molecule has 4 nitrogen and oxygen atoms in total. The number of para-hydroxylation sites is 1. The van der Waals surface area contributed by atoms with E-state index in [2.05, 4.69) is 17.1 Å². The zero-order chi connectivity index (χ0) is 14.4. The van der Waals surface area contributed by atoms with E-state index in [9.17, 15) is 0 Å². The summed E-state index contributed by atoms with van der Waals surface area (Å²) in [5.41, 5.74) is 1.12. The Kier molecular flexibility index (Phi) is 5.35. The lowest BCUT2D eigenvalue weighted by Crippen LogP contribution is -2.08. The van der Waals surface area contributed by atoms with E-state index in [0.29, 0.717) is 11.4 Å². The van der Waals surface area contributed by atoms with Crippen molar-refractivity contribution in [3.8, 4) is 5.75 Å². The van der Waals surface area contributed by atoms with Crippen molar-refractivity contribution >= 4 is 12.2 Å². The number of H-pyrrole nitrogens is 1. The number of aromatic nitrogens is 3. The van der Waals surface area contributed by atoms with E-state index in [1.807, 2.05) is 35.8 Å². The molecular weight excluding hydrogens is 270 g/mol. The lowest BCUT2D eigenvalue weighted by Gasteiger charge is -2.10. The molecule has 0 bridgehead atoms. The minimum Gasteiger partial charge on any atom is -0.485 e. The van der Waals surface area contributed by atoms with Crippen LogP contribution in [0, 0.1) is 11.7 Å². The zero-order valence-corrected chi connectivity index (χ0v) is 12.9. The first kappa shape index (κ1) is 14.8. The molecule has 0 aliphatic rings. The van der Waals surface area contributed by atoms with Crippen LogP contribution >= 0.6 is 12.2 Å². The van der Waals surface area contributed by atoms with Crippen molar-refractivity contribution in [1.29, 1.82) is 0 Å². The normalized spacial score (nSPS) is 10.7. The van der Waals surface area contributed by atoms with E-state index < -0.39 is 0 Å². The molecule has 2 rings (SSSR count). The van der Waals surface area contributed by atoms with Crippen molar-refractivity contribution in [2.45, 2.75) is 46.3 Å². The Morgan fingerprint density at radius 3 is 2.85 bits per heavy atom. The molecule has 0 aliphatic carbocycles. The Hall–Kier alpha value is -1.62. The van der Waals surface area contributed by atoms with Crippen molar-refractivity contribution in [2.24, 2.45) is 0 Å². The summed E-state index contributed by atoms with van der Waals surface area (Å²) in [5, 5.41) is 7.11. The van der Waals surface area contributed by atoms with E-state index >= 15 is 0 Å². The maximum Gasteiger partial charge on any atom is 0.195 e. The van der Waals surface area contributed by atoms with Gasteiger partial charge in [0, 0.05) is 6.54 Å². The Morgan fingerprint density at radius 2 is 2.10 bits per heavy atom. The first-order chi connectivity index (χ1) is 9.72. The standard InChI is InChI=1S/C15H21N3OS/c1-3-4-7-10-18-14(16-17-15(18)20)11-19-13-9-6-5-8-12(13)2/h5-6,8-9H,3-4,7,10-11H2,1-2H3,(H,17,20). The van der Waals surface area contributed by atoms with Gasteiger partial charge in [-0.3, -0.25) is 5.10 Å².